The Balaban J connectivity index is 1.76. The fraction of sp³-hybridized carbons (Fsp3) is 0.350. The van der Waals surface area contributed by atoms with Gasteiger partial charge in [-0.2, -0.15) is 0 Å². The molecule has 0 aliphatic carbocycles. The third kappa shape index (κ3) is 4.99. The number of rotatable bonds is 8. The number of hydrogen-bond donors (Lipinski definition) is 2. The van der Waals surface area contributed by atoms with E-state index in [2.05, 4.69) is 22.2 Å². The maximum absolute atomic E-state index is 12.4. The van der Waals surface area contributed by atoms with Gasteiger partial charge in [-0.25, -0.2) is 18.5 Å². The van der Waals surface area contributed by atoms with Gasteiger partial charge in [-0.3, -0.25) is 9.78 Å². The van der Waals surface area contributed by atoms with Gasteiger partial charge >= 0.3 is 0 Å². The van der Waals surface area contributed by atoms with E-state index in [-0.39, 0.29) is 23.3 Å². The number of sulfonamides is 1. The maximum atomic E-state index is 12.4. The molecule has 0 bridgehead atoms. The Labute approximate surface area is 170 Å². The van der Waals surface area contributed by atoms with Crippen molar-refractivity contribution in [3.63, 3.8) is 0 Å². The molecule has 0 aliphatic heterocycles. The fourth-order valence-corrected chi connectivity index (χ4v) is 3.81. The molecule has 3 aromatic rings. The Morgan fingerprint density at radius 3 is 2.62 bits per heavy atom. The summed E-state index contributed by atoms with van der Waals surface area (Å²) in [4.78, 5) is 21.0. The molecule has 2 aromatic heterocycles. The molecule has 0 aliphatic rings. The first-order valence-electron chi connectivity index (χ1n) is 9.51. The fourth-order valence-electron chi connectivity index (χ4n) is 3.27. The van der Waals surface area contributed by atoms with Gasteiger partial charge in [-0.1, -0.05) is 6.92 Å². The highest BCUT2D eigenvalue weighted by atomic mass is 32.2. The second-order valence-electron chi connectivity index (χ2n) is 6.94. The van der Waals surface area contributed by atoms with E-state index in [1.165, 1.54) is 12.1 Å². The molecule has 3 N–H and O–H groups in total. The van der Waals surface area contributed by atoms with Crippen LogP contribution in [0.25, 0.3) is 11.0 Å². The van der Waals surface area contributed by atoms with Crippen molar-refractivity contribution in [3.8, 4) is 0 Å². The first-order valence-corrected chi connectivity index (χ1v) is 11.1. The van der Waals surface area contributed by atoms with Crippen LogP contribution in [0.2, 0.25) is 0 Å². The SMILES string of the molecule is CCCn1c(CCC(=O)NC(C)c2ccncc2)nc2cc(S(N)(=O)=O)ccc21. The highest BCUT2D eigenvalue weighted by Gasteiger charge is 2.16. The van der Waals surface area contributed by atoms with E-state index < -0.39 is 10.0 Å². The number of fused-ring (bicyclic) bond motifs is 1. The van der Waals surface area contributed by atoms with Gasteiger partial charge in [0.2, 0.25) is 15.9 Å². The van der Waals surface area contributed by atoms with Crippen molar-refractivity contribution in [2.24, 2.45) is 5.14 Å². The Morgan fingerprint density at radius 1 is 1.24 bits per heavy atom. The Bertz CT molecular complexity index is 1110. The molecule has 0 spiro atoms. The lowest BCUT2D eigenvalue weighted by Crippen LogP contribution is -2.27. The number of nitrogens with two attached hydrogens (primary N) is 1. The lowest BCUT2D eigenvalue weighted by atomic mass is 10.1. The van der Waals surface area contributed by atoms with Gasteiger partial charge in [0.15, 0.2) is 0 Å². The Kier molecular flexibility index (Phi) is 6.29. The maximum Gasteiger partial charge on any atom is 0.238 e. The minimum atomic E-state index is -3.79. The third-order valence-electron chi connectivity index (χ3n) is 4.73. The van der Waals surface area contributed by atoms with Gasteiger partial charge in [0, 0.05) is 31.8 Å². The lowest BCUT2D eigenvalue weighted by Gasteiger charge is -2.14. The zero-order chi connectivity index (χ0) is 21.0. The summed E-state index contributed by atoms with van der Waals surface area (Å²) >= 11 is 0. The summed E-state index contributed by atoms with van der Waals surface area (Å²) in [6, 6.07) is 8.30. The summed E-state index contributed by atoms with van der Waals surface area (Å²) in [7, 11) is -3.79. The highest BCUT2D eigenvalue weighted by Crippen LogP contribution is 2.21. The highest BCUT2D eigenvalue weighted by molar-refractivity contribution is 7.89. The van der Waals surface area contributed by atoms with E-state index in [0.717, 1.165) is 29.9 Å². The molecule has 8 nitrogen and oxygen atoms in total. The van der Waals surface area contributed by atoms with Crippen LogP contribution in [-0.4, -0.2) is 28.9 Å². The van der Waals surface area contributed by atoms with E-state index in [9.17, 15) is 13.2 Å². The van der Waals surface area contributed by atoms with Crippen molar-refractivity contribution in [2.45, 2.75) is 50.6 Å². The standard InChI is InChI=1S/C20H25N5O3S/c1-3-12-25-18-5-4-16(29(21,27)28)13-17(18)24-19(25)6-7-20(26)23-14(2)15-8-10-22-11-9-15/h4-5,8-11,13-14H,3,6-7,12H2,1-2H3,(H,23,26)(H2,21,27,28). The molecule has 0 fully saturated rings. The van der Waals surface area contributed by atoms with Crippen LogP contribution < -0.4 is 10.5 Å². The van der Waals surface area contributed by atoms with Crippen LogP contribution in [0.3, 0.4) is 0 Å². The van der Waals surface area contributed by atoms with Crippen molar-refractivity contribution in [1.82, 2.24) is 19.9 Å². The van der Waals surface area contributed by atoms with Crippen molar-refractivity contribution >= 4 is 27.0 Å². The predicted molar refractivity (Wildman–Crippen MR) is 111 cm³/mol. The van der Waals surface area contributed by atoms with Crippen LogP contribution in [-0.2, 0) is 27.8 Å². The van der Waals surface area contributed by atoms with Crippen LogP contribution in [0.1, 0.15) is 44.1 Å². The van der Waals surface area contributed by atoms with Gasteiger partial charge in [0.25, 0.3) is 0 Å². The van der Waals surface area contributed by atoms with Gasteiger partial charge in [0.05, 0.1) is 22.0 Å². The Morgan fingerprint density at radius 2 is 1.97 bits per heavy atom. The smallest absolute Gasteiger partial charge is 0.238 e. The summed E-state index contributed by atoms with van der Waals surface area (Å²) in [5.74, 6) is 0.676. The van der Waals surface area contributed by atoms with E-state index >= 15 is 0 Å². The number of primary sulfonamides is 1. The van der Waals surface area contributed by atoms with Crippen molar-refractivity contribution in [1.29, 1.82) is 0 Å². The average molecular weight is 416 g/mol. The number of aromatic nitrogens is 3. The summed E-state index contributed by atoms with van der Waals surface area (Å²) in [5, 5.41) is 8.21. The van der Waals surface area contributed by atoms with Crippen LogP contribution in [0, 0.1) is 0 Å². The van der Waals surface area contributed by atoms with Crippen LogP contribution in [0.15, 0.2) is 47.6 Å². The zero-order valence-corrected chi connectivity index (χ0v) is 17.3. The largest absolute Gasteiger partial charge is 0.350 e. The number of nitrogens with zero attached hydrogens (tertiary/aromatic N) is 3. The molecule has 1 amide bonds. The van der Waals surface area contributed by atoms with Crippen molar-refractivity contribution < 1.29 is 13.2 Å². The zero-order valence-electron chi connectivity index (χ0n) is 16.5. The number of hydrogen-bond acceptors (Lipinski definition) is 5. The molecule has 2 heterocycles. The molecule has 0 saturated heterocycles. The van der Waals surface area contributed by atoms with Crippen molar-refractivity contribution in [3.05, 3.63) is 54.1 Å². The van der Waals surface area contributed by atoms with Gasteiger partial charge in [0.1, 0.15) is 5.82 Å². The Hall–Kier alpha value is -2.78. The summed E-state index contributed by atoms with van der Waals surface area (Å²) in [5.41, 5.74) is 2.38. The number of benzene rings is 1. The van der Waals surface area contributed by atoms with E-state index in [1.807, 2.05) is 23.6 Å². The van der Waals surface area contributed by atoms with Gasteiger partial charge < -0.3 is 9.88 Å². The third-order valence-corrected chi connectivity index (χ3v) is 5.64. The van der Waals surface area contributed by atoms with E-state index in [1.54, 1.807) is 18.5 Å². The number of amides is 1. The topological polar surface area (TPSA) is 120 Å². The number of imidazole rings is 1. The second-order valence-corrected chi connectivity index (χ2v) is 8.51. The molecular formula is C20H25N5O3S. The minimum Gasteiger partial charge on any atom is -0.350 e. The van der Waals surface area contributed by atoms with E-state index in [4.69, 9.17) is 5.14 Å². The monoisotopic (exact) mass is 415 g/mol. The summed E-state index contributed by atoms with van der Waals surface area (Å²) in [6.45, 7) is 4.71. The number of carbonyl (C=O) groups is 1. The number of aryl methyl sites for hydroxylation is 2. The number of pyridine rings is 1. The molecule has 29 heavy (non-hydrogen) atoms. The van der Waals surface area contributed by atoms with Gasteiger partial charge in [-0.05, 0) is 49.2 Å². The molecule has 1 aromatic carbocycles. The molecule has 0 saturated carbocycles. The number of carbonyl (C=O) groups excluding carboxylic acids is 1. The molecule has 9 heteroatoms. The van der Waals surface area contributed by atoms with Gasteiger partial charge in [-0.15, -0.1) is 0 Å². The second kappa shape index (κ2) is 8.71. The predicted octanol–water partition coefficient (Wildman–Crippen LogP) is 2.30. The normalized spacial score (nSPS) is 12.8. The summed E-state index contributed by atoms with van der Waals surface area (Å²) in [6.07, 6.45) is 5.02. The molecule has 154 valence electrons. The molecular weight excluding hydrogens is 390 g/mol. The minimum absolute atomic E-state index is 0.0293. The van der Waals surface area contributed by atoms with Crippen LogP contribution in [0.5, 0.6) is 0 Å². The average Bonchev–Trinajstić information content (AvgIpc) is 3.03. The molecule has 0 radical (unpaired) electrons. The first kappa shape index (κ1) is 20.9. The molecule has 1 unspecified atom stereocenters. The van der Waals surface area contributed by atoms with E-state index in [0.29, 0.717) is 11.9 Å². The molecule has 1 atom stereocenters. The lowest BCUT2D eigenvalue weighted by molar-refractivity contribution is -0.121. The number of nitrogens with one attached hydrogen (secondary N) is 1. The van der Waals surface area contributed by atoms with Crippen molar-refractivity contribution in [2.75, 3.05) is 0 Å². The quantitative estimate of drug-likeness (QED) is 0.585. The first-order chi connectivity index (χ1) is 13.8. The van der Waals surface area contributed by atoms with Crippen LogP contribution in [0.4, 0.5) is 0 Å². The molecule has 3 rings (SSSR count). The summed E-state index contributed by atoms with van der Waals surface area (Å²) < 4.78 is 25.3. The van der Waals surface area contributed by atoms with Crippen LogP contribution >= 0.6 is 0 Å².